The molecular formula is C24H50O. The molecule has 0 aromatic rings. The highest BCUT2D eigenvalue weighted by Gasteiger charge is 2.02. The number of unbranched alkanes of at least 4 members (excludes halogenated alkanes) is 16. The van der Waals surface area contributed by atoms with E-state index in [-0.39, 0.29) is 0 Å². The zero-order valence-electron chi connectivity index (χ0n) is 17.9. The van der Waals surface area contributed by atoms with Gasteiger partial charge in [-0.2, -0.15) is 0 Å². The normalized spacial score (nSPS) is 12.6. The predicted octanol–water partition coefficient (Wildman–Crippen LogP) is 8.44. The number of aliphatic hydroxyl groups excluding tert-OH is 1. The summed E-state index contributed by atoms with van der Waals surface area (Å²) >= 11 is 0. The van der Waals surface area contributed by atoms with Crippen molar-refractivity contribution in [1.82, 2.24) is 0 Å². The first-order valence-electron chi connectivity index (χ1n) is 11.9. The molecule has 1 unspecified atom stereocenters. The second-order valence-corrected chi connectivity index (χ2v) is 8.42. The zero-order valence-corrected chi connectivity index (χ0v) is 17.9. The molecule has 0 saturated carbocycles. The number of hydrogen-bond acceptors (Lipinski definition) is 1. The molecule has 1 N–H and O–H groups in total. The van der Waals surface area contributed by atoms with Gasteiger partial charge in [0, 0.05) is 6.61 Å². The van der Waals surface area contributed by atoms with Gasteiger partial charge in [0.25, 0.3) is 0 Å². The maximum atomic E-state index is 8.74. The van der Waals surface area contributed by atoms with Crippen LogP contribution in [0.4, 0.5) is 0 Å². The summed E-state index contributed by atoms with van der Waals surface area (Å²) in [6, 6.07) is 0. The van der Waals surface area contributed by atoms with E-state index in [0.29, 0.717) is 6.61 Å². The van der Waals surface area contributed by atoms with Gasteiger partial charge in [0.2, 0.25) is 0 Å². The molecule has 0 saturated heterocycles. The van der Waals surface area contributed by atoms with Gasteiger partial charge in [-0.15, -0.1) is 0 Å². The summed E-state index contributed by atoms with van der Waals surface area (Å²) in [5, 5.41) is 8.74. The molecule has 1 nitrogen and oxygen atoms in total. The highest BCUT2D eigenvalue weighted by molar-refractivity contribution is 4.56. The Balaban J connectivity index is 3.11. The Morgan fingerprint density at radius 3 is 1.16 bits per heavy atom. The molecule has 0 aromatic heterocycles. The van der Waals surface area contributed by atoms with E-state index >= 15 is 0 Å². The standard InChI is InChI=1S/C24H50O/c1-3-4-5-6-7-12-15-18-21-24(2)22-19-16-13-10-8-9-11-14-17-20-23-25/h24-25H,3-23H2,1-2H3. The largest absolute Gasteiger partial charge is 0.396 e. The van der Waals surface area contributed by atoms with Gasteiger partial charge in [-0.05, 0) is 12.3 Å². The van der Waals surface area contributed by atoms with Crippen LogP contribution in [0, 0.1) is 5.92 Å². The van der Waals surface area contributed by atoms with E-state index in [1.165, 1.54) is 122 Å². The van der Waals surface area contributed by atoms with Gasteiger partial charge in [-0.25, -0.2) is 0 Å². The molecule has 152 valence electrons. The van der Waals surface area contributed by atoms with Crippen LogP contribution in [0.3, 0.4) is 0 Å². The van der Waals surface area contributed by atoms with Gasteiger partial charge < -0.3 is 5.11 Å². The van der Waals surface area contributed by atoms with Crippen molar-refractivity contribution in [1.29, 1.82) is 0 Å². The van der Waals surface area contributed by atoms with E-state index in [9.17, 15) is 0 Å². The summed E-state index contributed by atoms with van der Waals surface area (Å²) in [6.07, 6.45) is 28.0. The third-order valence-electron chi connectivity index (χ3n) is 5.66. The molecule has 0 aliphatic heterocycles. The van der Waals surface area contributed by atoms with Crippen LogP contribution < -0.4 is 0 Å². The third-order valence-corrected chi connectivity index (χ3v) is 5.66. The van der Waals surface area contributed by atoms with Crippen molar-refractivity contribution in [2.45, 2.75) is 142 Å². The zero-order chi connectivity index (χ0) is 18.4. The molecule has 0 amide bonds. The van der Waals surface area contributed by atoms with Gasteiger partial charge in [0.1, 0.15) is 0 Å². The SMILES string of the molecule is CCCCCCCCCCC(C)CCCCCCCCCCCCO. The van der Waals surface area contributed by atoms with Crippen molar-refractivity contribution in [3.05, 3.63) is 0 Å². The lowest BCUT2D eigenvalue weighted by atomic mass is 9.95. The Morgan fingerprint density at radius 2 is 0.800 bits per heavy atom. The molecule has 0 radical (unpaired) electrons. The first kappa shape index (κ1) is 25.0. The number of aliphatic hydroxyl groups is 1. The molecule has 0 aliphatic carbocycles. The smallest absolute Gasteiger partial charge is 0.0431 e. The average Bonchev–Trinajstić information content (AvgIpc) is 2.62. The van der Waals surface area contributed by atoms with Crippen molar-refractivity contribution >= 4 is 0 Å². The van der Waals surface area contributed by atoms with Crippen molar-refractivity contribution in [3.63, 3.8) is 0 Å². The lowest BCUT2D eigenvalue weighted by Crippen LogP contribution is -1.95. The quantitative estimate of drug-likeness (QED) is 0.205. The van der Waals surface area contributed by atoms with Crippen molar-refractivity contribution in [3.8, 4) is 0 Å². The molecule has 1 heteroatoms. The Labute approximate surface area is 160 Å². The average molecular weight is 355 g/mol. The van der Waals surface area contributed by atoms with Gasteiger partial charge in [0.05, 0.1) is 0 Å². The molecule has 1 atom stereocenters. The van der Waals surface area contributed by atoms with Gasteiger partial charge in [-0.1, -0.05) is 136 Å². The van der Waals surface area contributed by atoms with Crippen LogP contribution in [0.2, 0.25) is 0 Å². The van der Waals surface area contributed by atoms with Crippen LogP contribution in [-0.4, -0.2) is 11.7 Å². The summed E-state index contributed by atoms with van der Waals surface area (Å²) in [5.41, 5.74) is 0. The summed E-state index contributed by atoms with van der Waals surface area (Å²) in [7, 11) is 0. The van der Waals surface area contributed by atoms with Crippen molar-refractivity contribution in [2.24, 2.45) is 5.92 Å². The predicted molar refractivity (Wildman–Crippen MR) is 114 cm³/mol. The molecule has 0 bridgehead atoms. The van der Waals surface area contributed by atoms with Crippen LogP contribution in [0.15, 0.2) is 0 Å². The molecule has 0 heterocycles. The molecule has 0 aromatic carbocycles. The van der Waals surface area contributed by atoms with E-state index in [1.54, 1.807) is 0 Å². The minimum atomic E-state index is 0.372. The van der Waals surface area contributed by atoms with Crippen LogP contribution in [0.5, 0.6) is 0 Å². The fraction of sp³-hybridized carbons (Fsp3) is 1.00. The highest BCUT2D eigenvalue weighted by Crippen LogP contribution is 2.19. The topological polar surface area (TPSA) is 20.2 Å². The second kappa shape index (κ2) is 22.0. The van der Waals surface area contributed by atoms with E-state index in [4.69, 9.17) is 5.11 Å². The Morgan fingerprint density at radius 1 is 0.480 bits per heavy atom. The first-order chi connectivity index (χ1) is 12.3. The van der Waals surface area contributed by atoms with Crippen LogP contribution >= 0.6 is 0 Å². The number of rotatable bonds is 21. The maximum Gasteiger partial charge on any atom is 0.0431 e. The van der Waals surface area contributed by atoms with Crippen molar-refractivity contribution in [2.75, 3.05) is 6.61 Å². The maximum absolute atomic E-state index is 8.74. The lowest BCUT2D eigenvalue weighted by molar-refractivity contribution is 0.282. The van der Waals surface area contributed by atoms with E-state index in [2.05, 4.69) is 13.8 Å². The summed E-state index contributed by atoms with van der Waals surface area (Å²) in [4.78, 5) is 0. The Hall–Kier alpha value is -0.0400. The molecule has 0 rings (SSSR count). The minimum Gasteiger partial charge on any atom is -0.396 e. The van der Waals surface area contributed by atoms with Crippen LogP contribution in [0.25, 0.3) is 0 Å². The Bertz CT molecular complexity index is 226. The Kier molecular flexibility index (Phi) is 22.0. The highest BCUT2D eigenvalue weighted by atomic mass is 16.2. The van der Waals surface area contributed by atoms with Crippen LogP contribution in [0.1, 0.15) is 142 Å². The second-order valence-electron chi connectivity index (χ2n) is 8.42. The summed E-state index contributed by atoms with van der Waals surface area (Å²) < 4.78 is 0. The van der Waals surface area contributed by atoms with Gasteiger partial charge >= 0.3 is 0 Å². The summed E-state index contributed by atoms with van der Waals surface area (Å²) in [5.74, 6) is 0.951. The number of hydrogen-bond donors (Lipinski definition) is 1. The van der Waals surface area contributed by atoms with E-state index in [1.807, 2.05) is 0 Å². The molecule has 0 aliphatic rings. The lowest BCUT2D eigenvalue weighted by Gasteiger charge is -2.11. The van der Waals surface area contributed by atoms with E-state index in [0.717, 1.165) is 12.3 Å². The first-order valence-corrected chi connectivity index (χ1v) is 11.9. The minimum absolute atomic E-state index is 0.372. The third kappa shape index (κ3) is 21.9. The monoisotopic (exact) mass is 354 g/mol. The fourth-order valence-corrected chi connectivity index (χ4v) is 3.79. The molecular weight excluding hydrogens is 304 g/mol. The fourth-order valence-electron chi connectivity index (χ4n) is 3.79. The van der Waals surface area contributed by atoms with Gasteiger partial charge in [-0.3, -0.25) is 0 Å². The van der Waals surface area contributed by atoms with Gasteiger partial charge in [0.15, 0.2) is 0 Å². The van der Waals surface area contributed by atoms with Crippen LogP contribution in [-0.2, 0) is 0 Å². The molecule has 25 heavy (non-hydrogen) atoms. The molecule has 0 fully saturated rings. The molecule has 0 spiro atoms. The summed E-state index contributed by atoms with van der Waals surface area (Å²) in [6.45, 7) is 5.13. The van der Waals surface area contributed by atoms with Crippen molar-refractivity contribution < 1.29 is 5.11 Å². The van der Waals surface area contributed by atoms with E-state index < -0.39 is 0 Å².